The van der Waals surface area contributed by atoms with Crippen molar-refractivity contribution in [3.8, 4) is 5.75 Å². The molecule has 1 aromatic heterocycles. The van der Waals surface area contributed by atoms with E-state index in [1.54, 1.807) is 36.4 Å². The minimum atomic E-state index is -1.10. The Bertz CT molecular complexity index is 1130. The van der Waals surface area contributed by atoms with E-state index in [4.69, 9.17) is 9.47 Å². The van der Waals surface area contributed by atoms with E-state index in [2.05, 4.69) is 10.4 Å². The highest BCUT2D eigenvalue weighted by atomic mass is 16.5. The summed E-state index contributed by atoms with van der Waals surface area (Å²) in [6.45, 7) is 0.352. The van der Waals surface area contributed by atoms with Crippen LogP contribution in [0.1, 0.15) is 35.0 Å². The van der Waals surface area contributed by atoms with E-state index in [9.17, 15) is 14.4 Å². The molecule has 164 valence electrons. The summed E-state index contributed by atoms with van der Waals surface area (Å²) in [4.78, 5) is 37.6. The molecular weight excluding hydrogens is 410 g/mol. The minimum Gasteiger partial charge on any atom is -0.492 e. The van der Waals surface area contributed by atoms with E-state index >= 15 is 0 Å². The van der Waals surface area contributed by atoms with Crippen molar-refractivity contribution < 1.29 is 19.1 Å². The Morgan fingerprint density at radius 1 is 1.00 bits per heavy atom. The smallest absolute Gasteiger partial charge is 0.359 e. The molecular formula is C24H23N3O5. The fourth-order valence-corrected chi connectivity index (χ4v) is 3.06. The molecule has 4 rings (SSSR count). The van der Waals surface area contributed by atoms with E-state index in [0.717, 1.165) is 17.5 Å². The molecule has 8 heteroatoms. The Balaban J connectivity index is 1.45. The van der Waals surface area contributed by atoms with Gasteiger partial charge in [-0.05, 0) is 31.0 Å². The molecule has 1 aliphatic carbocycles. The first-order valence-corrected chi connectivity index (χ1v) is 10.4. The number of amides is 1. The fraction of sp³-hybridized carbons (Fsp3) is 0.250. The molecule has 0 spiro atoms. The summed E-state index contributed by atoms with van der Waals surface area (Å²) >= 11 is 0. The third-order valence-corrected chi connectivity index (χ3v) is 4.88. The number of nitrogens with one attached hydrogen (secondary N) is 1. The zero-order valence-electron chi connectivity index (χ0n) is 17.3. The highest BCUT2D eigenvalue weighted by Gasteiger charge is 2.31. The van der Waals surface area contributed by atoms with E-state index in [1.165, 1.54) is 12.1 Å². The van der Waals surface area contributed by atoms with Crippen LogP contribution < -0.4 is 15.6 Å². The quantitative estimate of drug-likeness (QED) is 0.521. The number of carbonyl (C=O) groups is 2. The van der Waals surface area contributed by atoms with Gasteiger partial charge in [-0.25, -0.2) is 9.48 Å². The molecule has 1 heterocycles. The zero-order valence-corrected chi connectivity index (χ0v) is 17.3. The number of ether oxygens (including phenoxy) is 2. The van der Waals surface area contributed by atoms with Crippen molar-refractivity contribution in [3.05, 3.63) is 94.4 Å². The van der Waals surface area contributed by atoms with Crippen molar-refractivity contribution in [1.29, 1.82) is 0 Å². The molecule has 1 N–H and O–H groups in total. The second-order valence-electron chi connectivity index (χ2n) is 7.42. The Hall–Kier alpha value is -3.94. The van der Waals surface area contributed by atoms with Crippen molar-refractivity contribution in [2.24, 2.45) is 0 Å². The molecule has 3 aromatic rings. The SMILES string of the molecule is O=C(OC(C(=O)NC1CC1)c1ccccc1)c1ccc(=O)n(CCOc2ccccc2)n1. The van der Waals surface area contributed by atoms with Crippen LogP contribution in [0.5, 0.6) is 5.75 Å². The van der Waals surface area contributed by atoms with Gasteiger partial charge in [0.25, 0.3) is 11.5 Å². The predicted octanol–water partition coefficient (Wildman–Crippen LogP) is 2.50. The zero-order chi connectivity index (χ0) is 22.3. The first kappa shape index (κ1) is 21.3. The van der Waals surface area contributed by atoms with Gasteiger partial charge in [0, 0.05) is 17.7 Å². The number of para-hydroxylation sites is 1. The lowest BCUT2D eigenvalue weighted by molar-refractivity contribution is -0.130. The number of nitrogens with zero attached hydrogens (tertiary/aromatic N) is 2. The van der Waals surface area contributed by atoms with Gasteiger partial charge in [0.2, 0.25) is 6.10 Å². The van der Waals surface area contributed by atoms with Crippen LogP contribution in [0.2, 0.25) is 0 Å². The standard InChI is InChI=1S/C24H23N3O5/c28-21-14-13-20(26-27(21)15-16-31-19-9-5-2-6-10-19)24(30)32-22(17-7-3-1-4-8-17)23(29)25-18-11-12-18/h1-10,13-14,18,22H,11-12,15-16H2,(H,25,29). The van der Waals surface area contributed by atoms with Gasteiger partial charge in [-0.2, -0.15) is 5.10 Å². The molecule has 0 saturated heterocycles. The monoisotopic (exact) mass is 433 g/mol. The van der Waals surface area contributed by atoms with E-state index < -0.39 is 12.1 Å². The van der Waals surface area contributed by atoms with Gasteiger partial charge in [0.05, 0.1) is 6.54 Å². The van der Waals surface area contributed by atoms with Gasteiger partial charge in [0.15, 0.2) is 5.69 Å². The average molecular weight is 433 g/mol. The number of esters is 1. The molecule has 0 radical (unpaired) electrons. The second-order valence-corrected chi connectivity index (χ2v) is 7.42. The maximum atomic E-state index is 12.8. The Kier molecular flexibility index (Phi) is 6.60. The molecule has 1 atom stereocenters. The van der Waals surface area contributed by atoms with Crippen molar-refractivity contribution in [3.63, 3.8) is 0 Å². The van der Waals surface area contributed by atoms with E-state index in [0.29, 0.717) is 11.3 Å². The second kappa shape index (κ2) is 9.91. The van der Waals surface area contributed by atoms with Gasteiger partial charge < -0.3 is 14.8 Å². The molecule has 2 aromatic carbocycles. The van der Waals surface area contributed by atoms with Gasteiger partial charge in [0.1, 0.15) is 12.4 Å². The molecule has 1 amide bonds. The molecule has 32 heavy (non-hydrogen) atoms. The fourth-order valence-electron chi connectivity index (χ4n) is 3.06. The van der Waals surface area contributed by atoms with Crippen LogP contribution in [-0.4, -0.2) is 34.3 Å². The number of rotatable bonds is 9. The van der Waals surface area contributed by atoms with Crippen molar-refractivity contribution >= 4 is 11.9 Å². The maximum absolute atomic E-state index is 12.8. The lowest BCUT2D eigenvalue weighted by atomic mass is 10.1. The summed E-state index contributed by atoms with van der Waals surface area (Å²) in [7, 11) is 0. The molecule has 1 saturated carbocycles. The summed E-state index contributed by atoms with van der Waals surface area (Å²) in [6.07, 6.45) is 0.727. The number of hydrogen-bond donors (Lipinski definition) is 1. The van der Waals surface area contributed by atoms with Crippen LogP contribution in [0.15, 0.2) is 77.6 Å². The number of hydrogen-bond acceptors (Lipinski definition) is 6. The van der Waals surface area contributed by atoms with Crippen LogP contribution >= 0.6 is 0 Å². The predicted molar refractivity (Wildman–Crippen MR) is 116 cm³/mol. The Morgan fingerprint density at radius 3 is 2.38 bits per heavy atom. The lowest BCUT2D eigenvalue weighted by Gasteiger charge is -2.18. The number of benzene rings is 2. The molecule has 1 fully saturated rings. The van der Waals surface area contributed by atoms with E-state index in [-0.39, 0.29) is 36.4 Å². The summed E-state index contributed by atoms with van der Waals surface area (Å²) in [5.41, 5.74) is 0.123. The van der Waals surface area contributed by atoms with Crippen LogP contribution in [0.25, 0.3) is 0 Å². The van der Waals surface area contributed by atoms with E-state index in [1.807, 2.05) is 24.3 Å². The van der Waals surface area contributed by atoms with Crippen molar-refractivity contribution in [2.75, 3.05) is 6.61 Å². The summed E-state index contributed by atoms with van der Waals surface area (Å²) in [5.74, 6) is -0.498. The third kappa shape index (κ3) is 5.60. The Labute approximate surface area is 184 Å². The highest BCUT2D eigenvalue weighted by Crippen LogP contribution is 2.23. The van der Waals surface area contributed by atoms with Crippen LogP contribution in [0.3, 0.4) is 0 Å². The Morgan fingerprint density at radius 2 is 1.69 bits per heavy atom. The van der Waals surface area contributed by atoms with Crippen molar-refractivity contribution in [1.82, 2.24) is 15.1 Å². The first-order chi connectivity index (χ1) is 15.6. The molecule has 0 aliphatic heterocycles. The van der Waals surface area contributed by atoms with Gasteiger partial charge in [-0.3, -0.25) is 9.59 Å². The summed E-state index contributed by atoms with van der Waals surface area (Å²) < 4.78 is 12.3. The molecule has 0 bridgehead atoms. The average Bonchev–Trinajstić information content (AvgIpc) is 3.63. The number of aromatic nitrogens is 2. The summed E-state index contributed by atoms with van der Waals surface area (Å²) in [6, 6.07) is 20.6. The van der Waals surface area contributed by atoms with Crippen molar-refractivity contribution in [2.45, 2.75) is 31.5 Å². The van der Waals surface area contributed by atoms with Gasteiger partial charge in [-0.15, -0.1) is 0 Å². The minimum absolute atomic E-state index is 0.0653. The number of carbonyl (C=O) groups excluding carboxylic acids is 2. The highest BCUT2D eigenvalue weighted by molar-refractivity contribution is 5.91. The molecule has 8 nitrogen and oxygen atoms in total. The maximum Gasteiger partial charge on any atom is 0.359 e. The normalized spacial score (nSPS) is 13.8. The topological polar surface area (TPSA) is 99.5 Å². The molecule has 1 unspecified atom stereocenters. The molecule has 1 aliphatic rings. The van der Waals surface area contributed by atoms with Gasteiger partial charge in [-0.1, -0.05) is 48.5 Å². The van der Waals surface area contributed by atoms with Gasteiger partial charge >= 0.3 is 5.97 Å². The largest absolute Gasteiger partial charge is 0.492 e. The lowest BCUT2D eigenvalue weighted by Crippen LogP contribution is -2.34. The van der Waals surface area contributed by atoms with Crippen LogP contribution in [-0.2, 0) is 16.1 Å². The van der Waals surface area contributed by atoms with Crippen LogP contribution in [0, 0.1) is 0 Å². The third-order valence-electron chi connectivity index (χ3n) is 4.88. The summed E-state index contributed by atoms with van der Waals surface area (Å²) in [5, 5.41) is 6.97. The van der Waals surface area contributed by atoms with Crippen LogP contribution in [0.4, 0.5) is 0 Å². The first-order valence-electron chi connectivity index (χ1n) is 10.4.